The fraction of sp³-hybridized carbons (Fsp3) is 0.600. The minimum atomic E-state index is -0.948. The zero-order chi connectivity index (χ0) is 7.28. The summed E-state index contributed by atoms with van der Waals surface area (Å²) in [5.74, 6) is -1.90. The number of carbonyl (C=O) groups is 2. The molecular weight excluding hydrogens is 164 g/mol. The number of rotatable bonds is 4. The van der Waals surface area contributed by atoms with Crippen LogP contribution < -0.4 is 0 Å². The summed E-state index contributed by atoms with van der Waals surface area (Å²) >= 11 is 0. The van der Waals surface area contributed by atoms with Crippen molar-refractivity contribution in [3.8, 4) is 0 Å². The predicted octanol–water partition coefficient (Wildman–Crippen LogP) is 0.170. The summed E-state index contributed by atoms with van der Waals surface area (Å²) in [6, 6.07) is 0. The van der Waals surface area contributed by atoms with Crippen LogP contribution in [0.5, 0.6) is 0 Å². The molecule has 5 heteroatoms. The van der Waals surface area contributed by atoms with E-state index >= 15 is 0 Å². The van der Waals surface area contributed by atoms with E-state index in [9.17, 15) is 9.59 Å². The molecule has 4 nitrogen and oxygen atoms in total. The van der Waals surface area contributed by atoms with Gasteiger partial charge >= 0.3 is 49.7 Å². The second kappa shape index (κ2) is 7.31. The molecule has 0 unspecified atom stereocenters. The molecule has 0 amide bonds. The molecule has 0 aliphatic rings. The molecule has 0 spiro atoms. The van der Waals surface area contributed by atoms with E-state index in [0.717, 1.165) is 0 Å². The van der Waals surface area contributed by atoms with Crippen LogP contribution in [0.4, 0.5) is 0 Å². The van der Waals surface area contributed by atoms with Gasteiger partial charge in [-0.15, -0.1) is 0 Å². The average molecular weight is 174 g/mol. The molecule has 56 valence electrons. The van der Waals surface area contributed by atoms with Gasteiger partial charge in [-0.2, -0.15) is 0 Å². The first kappa shape index (κ1) is 12.8. The van der Waals surface area contributed by atoms with E-state index in [1.54, 1.807) is 0 Å². The van der Waals surface area contributed by atoms with Crippen LogP contribution in [-0.2, 0) is 9.59 Å². The van der Waals surface area contributed by atoms with E-state index in [1.165, 1.54) is 0 Å². The van der Waals surface area contributed by atoms with E-state index in [4.69, 9.17) is 10.2 Å². The van der Waals surface area contributed by atoms with Crippen molar-refractivity contribution >= 4 is 49.7 Å². The van der Waals surface area contributed by atoms with Crippen LogP contribution in [0.3, 0.4) is 0 Å². The molecule has 0 fully saturated rings. The molecule has 0 atom stereocenters. The molecule has 2 N–H and O–H groups in total. The van der Waals surface area contributed by atoms with Crippen LogP contribution in [-0.4, -0.2) is 59.9 Å². The topological polar surface area (TPSA) is 74.6 Å². The molecule has 0 saturated carbocycles. The Morgan fingerprint density at radius 1 is 1.10 bits per heavy atom. The normalized spacial score (nSPS) is 8.00. The summed E-state index contributed by atoms with van der Waals surface area (Å²) in [4.78, 5) is 19.6. The molecule has 0 saturated heterocycles. The van der Waals surface area contributed by atoms with Gasteiger partial charge in [-0.25, -0.2) is 0 Å². The minimum absolute atomic E-state index is 0. The van der Waals surface area contributed by atoms with Crippen molar-refractivity contribution in [1.82, 2.24) is 0 Å². The molecule has 0 aliphatic carbocycles. The van der Waals surface area contributed by atoms with Crippen LogP contribution in [0, 0.1) is 0 Å². The van der Waals surface area contributed by atoms with Crippen molar-refractivity contribution in [2.45, 2.75) is 19.3 Å². The zero-order valence-electron chi connectivity index (χ0n) is 7.54. The minimum Gasteiger partial charge on any atom is -1.00 e. The van der Waals surface area contributed by atoms with Crippen molar-refractivity contribution in [2.75, 3.05) is 0 Å². The second-order valence-electron chi connectivity index (χ2n) is 1.64. The van der Waals surface area contributed by atoms with E-state index in [-0.39, 0.29) is 59.9 Å². The molecule has 0 aromatic carbocycles. The van der Waals surface area contributed by atoms with Crippen LogP contribution >= 0.6 is 0 Å². The van der Waals surface area contributed by atoms with Gasteiger partial charge in [0.05, 0.1) is 0 Å². The number of hydrogen-bond donors (Lipinski definition) is 2. The van der Waals surface area contributed by atoms with Gasteiger partial charge in [0.15, 0.2) is 0 Å². The monoisotopic (exact) mass is 174 g/mol. The smallest absolute Gasteiger partial charge is 1.00 e. The summed E-state index contributed by atoms with van der Waals surface area (Å²) in [5.41, 5.74) is 0. The fourth-order valence-corrected chi connectivity index (χ4v) is 0.391. The Hall–Kier alpha value is 0.200. The maximum atomic E-state index is 9.79. The van der Waals surface area contributed by atoms with Crippen LogP contribution in [0.2, 0.25) is 0 Å². The third-order valence-corrected chi connectivity index (χ3v) is 0.781. The molecule has 0 rings (SSSR count). The Bertz CT molecular complexity index is 117. The summed E-state index contributed by atoms with van der Waals surface area (Å²) in [5, 5.41) is 16.1. The summed E-state index contributed by atoms with van der Waals surface area (Å²) < 4.78 is 0. The van der Waals surface area contributed by atoms with Gasteiger partial charge < -0.3 is 13.1 Å². The molecule has 0 heterocycles. The fourth-order valence-electron chi connectivity index (χ4n) is 0.391. The first-order chi connectivity index (χ1) is 4.13. The van der Waals surface area contributed by atoms with Gasteiger partial charge in [0.2, 0.25) is 0 Å². The van der Waals surface area contributed by atoms with Gasteiger partial charge in [-0.1, -0.05) is 0 Å². The summed E-state index contributed by atoms with van der Waals surface area (Å²) in [7, 11) is 0. The maximum absolute atomic E-state index is 9.79. The van der Waals surface area contributed by atoms with Gasteiger partial charge in [0.1, 0.15) is 0 Å². The standard InChI is InChI=1S/C5H8O4.Ca.2H/c6-4(7)2-1-3-5(8)9;;;/h1-3H2,(H,6,7)(H,8,9);;;/q;+2;2*-1. The van der Waals surface area contributed by atoms with Crippen molar-refractivity contribution < 1.29 is 22.7 Å². The third kappa shape index (κ3) is 11.1. The largest absolute Gasteiger partial charge is 2.00 e. The molecule has 10 heavy (non-hydrogen) atoms. The van der Waals surface area contributed by atoms with E-state index < -0.39 is 11.9 Å². The molecule has 0 aliphatic heterocycles. The zero-order valence-corrected chi connectivity index (χ0v) is 7.75. The van der Waals surface area contributed by atoms with E-state index in [2.05, 4.69) is 0 Å². The van der Waals surface area contributed by atoms with E-state index in [1.807, 2.05) is 0 Å². The summed E-state index contributed by atoms with van der Waals surface area (Å²) in [6.07, 6.45) is 0.0866. The number of hydrogen-bond acceptors (Lipinski definition) is 2. The third-order valence-electron chi connectivity index (χ3n) is 0.781. The Morgan fingerprint density at radius 3 is 1.60 bits per heavy atom. The van der Waals surface area contributed by atoms with Crippen molar-refractivity contribution in [1.29, 1.82) is 0 Å². The van der Waals surface area contributed by atoms with Crippen LogP contribution in [0.25, 0.3) is 0 Å². The van der Waals surface area contributed by atoms with Gasteiger partial charge in [0.25, 0.3) is 0 Å². The Labute approximate surface area is 91.2 Å². The average Bonchev–Trinajstić information content (AvgIpc) is 1.63. The Balaban J connectivity index is -0.000000107. The van der Waals surface area contributed by atoms with Gasteiger partial charge in [0, 0.05) is 12.8 Å². The molecule has 0 bridgehead atoms. The van der Waals surface area contributed by atoms with Crippen LogP contribution in [0.15, 0.2) is 0 Å². The maximum Gasteiger partial charge on any atom is 2.00 e. The van der Waals surface area contributed by atoms with Crippen molar-refractivity contribution in [3.05, 3.63) is 0 Å². The van der Waals surface area contributed by atoms with Crippen LogP contribution in [0.1, 0.15) is 22.1 Å². The second-order valence-corrected chi connectivity index (χ2v) is 1.64. The van der Waals surface area contributed by atoms with Crippen molar-refractivity contribution in [3.63, 3.8) is 0 Å². The van der Waals surface area contributed by atoms with Gasteiger partial charge in [-0.3, -0.25) is 9.59 Å². The number of aliphatic carboxylic acids is 2. The molecule has 0 aromatic heterocycles. The first-order valence-electron chi connectivity index (χ1n) is 2.56. The van der Waals surface area contributed by atoms with Gasteiger partial charge in [-0.05, 0) is 6.42 Å². The Kier molecular flexibility index (Phi) is 9.38. The molecular formula is C5H10CaO4. The van der Waals surface area contributed by atoms with E-state index in [0.29, 0.717) is 0 Å². The first-order valence-corrected chi connectivity index (χ1v) is 2.56. The Morgan fingerprint density at radius 2 is 1.40 bits per heavy atom. The number of carboxylic acids is 2. The molecule has 0 aromatic rings. The predicted molar refractivity (Wildman–Crippen MR) is 37.1 cm³/mol. The van der Waals surface area contributed by atoms with Crippen molar-refractivity contribution in [2.24, 2.45) is 0 Å². The SMILES string of the molecule is O=C(O)CCCC(=O)O.[Ca+2].[H-].[H-]. The summed E-state index contributed by atoms with van der Waals surface area (Å²) in [6.45, 7) is 0. The number of carboxylic acid groups (broad SMARTS) is 2. The molecule has 0 radical (unpaired) electrons. The quantitative estimate of drug-likeness (QED) is 0.596.